The Kier molecular flexibility index (Phi) is 2.05. The Morgan fingerprint density at radius 1 is 1.46 bits per heavy atom. The zero-order valence-electron chi connectivity index (χ0n) is 8.04. The Morgan fingerprint density at radius 3 is 3.08 bits per heavy atom. The van der Waals surface area contributed by atoms with Crippen LogP contribution in [0.2, 0.25) is 0 Å². The van der Waals surface area contributed by atoms with Crippen LogP contribution >= 0.6 is 0 Å². The molecule has 0 fully saturated rings. The van der Waals surface area contributed by atoms with Crippen LogP contribution in [0.25, 0.3) is 6.08 Å². The number of H-pyrrole nitrogens is 1. The summed E-state index contributed by atoms with van der Waals surface area (Å²) in [5.74, 6) is 0.581. The van der Waals surface area contributed by atoms with Gasteiger partial charge < -0.3 is 0 Å². The van der Waals surface area contributed by atoms with E-state index < -0.39 is 0 Å². The first kappa shape index (κ1) is 8.30. The van der Waals surface area contributed by atoms with Crippen molar-refractivity contribution in [2.24, 2.45) is 5.92 Å². The van der Waals surface area contributed by atoms with Gasteiger partial charge in [0.25, 0.3) is 0 Å². The maximum absolute atomic E-state index is 4.04. The van der Waals surface area contributed by atoms with Gasteiger partial charge in [0.2, 0.25) is 0 Å². The molecule has 13 heavy (non-hydrogen) atoms. The molecule has 0 saturated heterocycles. The molecule has 0 atom stereocenters. The van der Waals surface area contributed by atoms with Gasteiger partial charge in [-0.15, -0.1) is 0 Å². The van der Waals surface area contributed by atoms with Crippen molar-refractivity contribution in [1.82, 2.24) is 10.2 Å². The third-order valence-corrected chi connectivity index (χ3v) is 2.37. The molecule has 1 N–H and O–H groups in total. The number of nitrogens with one attached hydrogen (secondary N) is 1. The van der Waals surface area contributed by atoms with Gasteiger partial charge in [-0.25, -0.2) is 0 Å². The highest BCUT2D eigenvalue weighted by Crippen LogP contribution is 2.21. The van der Waals surface area contributed by atoms with Crippen LogP contribution in [-0.2, 0) is 6.42 Å². The zero-order chi connectivity index (χ0) is 9.26. The number of aromatic amines is 1. The maximum Gasteiger partial charge on any atom is 0.0562 e. The summed E-state index contributed by atoms with van der Waals surface area (Å²) in [6, 6.07) is 0. The molecule has 68 valence electrons. The fraction of sp³-hybridized carbons (Fsp3) is 0.364. The van der Waals surface area contributed by atoms with Crippen molar-refractivity contribution < 1.29 is 0 Å². The minimum Gasteiger partial charge on any atom is -0.282 e. The lowest BCUT2D eigenvalue weighted by molar-refractivity contribution is 0.797. The largest absolute Gasteiger partial charge is 0.282 e. The number of hydrogen-bond acceptors (Lipinski definition) is 1. The lowest BCUT2D eigenvalue weighted by Crippen LogP contribution is -1.88. The van der Waals surface area contributed by atoms with E-state index in [0.717, 1.165) is 6.42 Å². The van der Waals surface area contributed by atoms with E-state index in [1.54, 1.807) is 0 Å². The maximum atomic E-state index is 4.04. The summed E-state index contributed by atoms with van der Waals surface area (Å²) in [7, 11) is 0. The topological polar surface area (TPSA) is 28.7 Å². The molecule has 2 nitrogen and oxygen atoms in total. The highest BCUT2D eigenvalue weighted by atomic mass is 15.1. The number of allylic oxidation sites excluding steroid dienone is 3. The van der Waals surface area contributed by atoms with Crippen LogP contribution in [0.15, 0.2) is 23.9 Å². The molecule has 2 heteroatoms. The van der Waals surface area contributed by atoms with Crippen molar-refractivity contribution in [3.63, 3.8) is 0 Å². The summed E-state index contributed by atoms with van der Waals surface area (Å²) in [6.45, 7) is 4.42. The third-order valence-electron chi connectivity index (χ3n) is 2.37. The molecule has 0 saturated carbocycles. The monoisotopic (exact) mass is 174 g/mol. The summed E-state index contributed by atoms with van der Waals surface area (Å²) in [5, 5.41) is 7.05. The van der Waals surface area contributed by atoms with Crippen LogP contribution in [0.5, 0.6) is 0 Å². The van der Waals surface area contributed by atoms with Crippen LogP contribution in [-0.4, -0.2) is 10.2 Å². The van der Waals surface area contributed by atoms with Gasteiger partial charge in [-0.2, -0.15) is 5.10 Å². The highest BCUT2D eigenvalue weighted by molar-refractivity contribution is 5.59. The van der Waals surface area contributed by atoms with E-state index in [9.17, 15) is 0 Å². The van der Waals surface area contributed by atoms with Crippen molar-refractivity contribution >= 4 is 6.08 Å². The van der Waals surface area contributed by atoms with Crippen LogP contribution in [0.1, 0.15) is 25.1 Å². The predicted octanol–water partition coefficient (Wildman–Crippen LogP) is 2.56. The second-order valence-corrected chi connectivity index (χ2v) is 3.71. The molecule has 1 aromatic rings. The Morgan fingerprint density at radius 2 is 2.31 bits per heavy atom. The van der Waals surface area contributed by atoms with Gasteiger partial charge in [0.05, 0.1) is 6.20 Å². The first-order valence-electron chi connectivity index (χ1n) is 4.68. The van der Waals surface area contributed by atoms with Crippen LogP contribution in [0, 0.1) is 5.92 Å². The minimum absolute atomic E-state index is 0.581. The van der Waals surface area contributed by atoms with Crippen LogP contribution < -0.4 is 0 Å². The van der Waals surface area contributed by atoms with E-state index in [1.807, 2.05) is 6.20 Å². The molecule has 1 aliphatic rings. The lowest BCUT2D eigenvalue weighted by atomic mass is 10.0. The first-order valence-corrected chi connectivity index (χ1v) is 4.68. The average molecular weight is 174 g/mol. The van der Waals surface area contributed by atoms with Gasteiger partial charge in [-0.1, -0.05) is 26.0 Å². The Hall–Kier alpha value is -1.31. The molecule has 0 bridgehead atoms. The normalized spacial score (nSPS) is 15.5. The van der Waals surface area contributed by atoms with Crippen LogP contribution in [0.3, 0.4) is 0 Å². The number of fused-ring (bicyclic) bond motifs is 1. The van der Waals surface area contributed by atoms with Gasteiger partial charge in [-0.05, 0) is 17.6 Å². The fourth-order valence-corrected chi connectivity index (χ4v) is 1.51. The number of hydrogen-bond donors (Lipinski definition) is 1. The van der Waals surface area contributed by atoms with Crippen molar-refractivity contribution in [3.05, 3.63) is 35.2 Å². The summed E-state index contributed by atoms with van der Waals surface area (Å²) in [4.78, 5) is 0. The standard InChI is InChI=1S/C11H14N2/c1-8(2)9-4-3-5-11-10(6-9)7-12-13-11/h3-4,6-8H,5H2,1-2H3,(H,12,13). The van der Waals surface area contributed by atoms with Crippen molar-refractivity contribution in [2.75, 3.05) is 0 Å². The molecular weight excluding hydrogens is 160 g/mol. The summed E-state index contributed by atoms with van der Waals surface area (Å²) in [5.41, 5.74) is 3.82. The molecular formula is C11H14N2. The SMILES string of the molecule is CC(C)C1=Cc2cn[nH]c2CC=C1. The molecule has 1 aromatic heterocycles. The quantitative estimate of drug-likeness (QED) is 0.696. The van der Waals surface area contributed by atoms with E-state index in [4.69, 9.17) is 0 Å². The Bertz CT molecular complexity index is 356. The summed E-state index contributed by atoms with van der Waals surface area (Å²) >= 11 is 0. The second-order valence-electron chi connectivity index (χ2n) is 3.71. The van der Waals surface area contributed by atoms with Gasteiger partial charge in [-0.3, -0.25) is 5.10 Å². The molecule has 0 aromatic carbocycles. The molecule has 1 aliphatic carbocycles. The second kappa shape index (κ2) is 3.21. The molecule has 0 unspecified atom stereocenters. The number of nitrogens with zero attached hydrogens (tertiary/aromatic N) is 1. The Balaban J connectivity index is 2.42. The molecule has 0 amide bonds. The van der Waals surface area contributed by atoms with Gasteiger partial charge >= 0.3 is 0 Å². The minimum atomic E-state index is 0.581. The molecule has 2 rings (SSSR count). The van der Waals surface area contributed by atoms with E-state index in [-0.39, 0.29) is 0 Å². The van der Waals surface area contributed by atoms with Crippen LogP contribution in [0.4, 0.5) is 0 Å². The fourth-order valence-electron chi connectivity index (χ4n) is 1.51. The Labute approximate surface area is 78.4 Å². The van der Waals surface area contributed by atoms with Crippen molar-refractivity contribution in [1.29, 1.82) is 0 Å². The summed E-state index contributed by atoms with van der Waals surface area (Å²) in [6.07, 6.45) is 9.47. The summed E-state index contributed by atoms with van der Waals surface area (Å²) < 4.78 is 0. The van der Waals surface area contributed by atoms with Gasteiger partial charge in [0.15, 0.2) is 0 Å². The molecule has 1 heterocycles. The third kappa shape index (κ3) is 1.57. The molecule has 0 spiro atoms. The lowest BCUT2D eigenvalue weighted by Gasteiger charge is -2.03. The molecule has 0 radical (unpaired) electrons. The smallest absolute Gasteiger partial charge is 0.0562 e. The van der Waals surface area contributed by atoms with Crippen molar-refractivity contribution in [3.8, 4) is 0 Å². The zero-order valence-corrected chi connectivity index (χ0v) is 8.04. The van der Waals surface area contributed by atoms with E-state index in [2.05, 4.69) is 42.3 Å². The van der Waals surface area contributed by atoms with E-state index >= 15 is 0 Å². The first-order chi connectivity index (χ1) is 6.27. The highest BCUT2D eigenvalue weighted by Gasteiger charge is 2.07. The average Bonchev–Trinajstić information content (AvgIpc) is 2.42. The van der Waals surface area contributed by atoms with E-state index in [1.165, 1.54) is 16.8 Å². The van der Waals surface area contributed by atoms with Crippen molar-refractivity contribution in [2.45, 2.75) is 20.3 Å². The number of rotatable bonds is 1. The predicted molar refractivity (Wildman–Crippen MR) is 54.2 cm³/mol. The molecule has 0 aliphatic heterocycles. The van der Waals surface area contributed by atoms with Gasteiger partial charge in [0.1, 0.15) is 0 Å². The van der Waals surface area contributed by atoms with Gasteiger partial charge in [0, 0.05) is 17.7 Å². The van der Waals surface area contributed by atoms with E-state index in [0.29, 0.717) is 5.92 Å². The number of aromatic nitrogens is 2.